The lowest BCUT2D eigenvalue weighted by Crippen LogP contribution is -2.44. The second-order valence-corrected chi connectivity index (χ2v) is 8.28. The lowest BCUT2D eigenvalue weighted by atomic mass is 10.1. The van der Waals surface area contributed by atoms with Crippen molar-refractivity contribution in [3.63, 3.8) is 0 Å². The predicted molar refractivity (Wildman–Crippen MR) is 118 cm³/mol. The lowest BCUT2D eigenvalue weighted by molar-refractivity contribution is -0.135. The second kappa shape index (κ2) is 8.53. The minimum absolute atomic E-state index is 0.00111. The first-order valence-electron chi connectivity index (χ1n) is 11.0. The van der Waals surface area contributed by atoms with Gasteiger partial charge in [-0.25, -0.2) is 0 Å². The fourth-order valence-electron chi connectivity index (χ4n) is 4.42. The zero-order valence-corrected chi connectivity index (χ0v) is 18.0. The van der Waals surface area contributed by atoms with E-state index in [-0.39, 0.29) is 18.6 Å². The molecule has 0 spiro atoms. The monoisotopic (exact) mass is 434 g/mol. The van der Waals surface area contributed by atoms with Crippen molar-refractivity contribution < 1.29 is 19.1 Å². The zero-order chi connectivity index (χ0) is 22.1. The summed E-state index contributed by atoms with van der Waals surface area (Å²) < 4.78 is 12.7. The number of carbonyl (C=O) groups is 2. The van der Waals surface area contributed by atoms with Gasteiger partial charge in [0.1, 0.15) is 6.04 Å². The molecule has 8 heteroatoms. The van der Waals surface area contributed by atoms with Gasteiger partial charge in [-0.15, -0.1) is 0 Å². The second-order valence-electron chi connectivity index (χ2n) is 8.28. The normalized spacial score (nSPS) is 17.3. The van der Waals surface area contributed by atoms with Crippen LogP contribution in [0.3, 0.4) is 0 Å². The molecule has 0 bridgehead atoms. The first-order chi connectivity index (χ1) is 15.6. The van der Waals surface area contributed by atoms with E-state index in [2.05, 4.69) is 29.5 Å². The fraction of sp³-hybridized carbons (Fsp3) is 0.375. The van der Waals surface area contributed by atoms with Crippen LogP contribution < -0.4 is 14.8 Å². The van der Waals surface area contributed by atoms with Crippen molar-refractivity contribution in [1.29, 1.82) is 0 Å². The average Bonchev–Trinajstić information content (AvgIpc) is 3.51. The van der Waals surface area contributed by atoms with Crippen LogP contribution >= 0.6 is 0 Å². The van der Waals surface area contributed by atoms with Crippen molar-refractivity contribution in [3.05, 3.63) is 53.7 Å². The third-order valence-electron chi connectivity index (χ3n) is 6.17. The molecule has 8 nitrogen and oxygen atoms in total. The van der Waals surface area contributed by atoms with Gasteiger partial charge in [-0.2, -0.15) is 5.10 Å². The highest BCUT2D eigenvalue weighted by atomic mass is 16.7. The van der Waals surface area contributed by atoms with Crippen molar-refractivity contribution in [1.82, 2.24) is 20.0 Å². The van der Waals surface area contributed by atoms with Gasteiger partial charge in [0.05, 0.1) is 11.7 Å². The minimum atomic E-state index is -0.443. The van der Waals surface area contributed by atoms with E-state index in [4.69, 9.17) is 9.47 Å². The summed E-state index contributed by atoms with van der Waals surface area (Å²) in [6.07, 6.45) is 3.58. The summed E-state index contributed by atoms with van der Waals surface area (Å²) in [4.78, 5) is 26.9. The van der Waals surface area contributed by atoms with Crippen molar-refractivity contribution in [2.24, 2.45) is 0 Å². The molecule has 2 aliphatic rings. The molecule has 1 unspecified atom stereocenters. The molecular weight excluding hydrogens is 408 g/mol. The Morgan fingerprint density at radius 3 is 3.00 bits per heavy atom. The van der Waals surface area contributed by atoms with Crippen LogP contribution in [0.5, 0.6) is 11.5 Å². The molecule has 3 aromatic rings. The highest BCUT2D eigenvalue weighted by Gasteiger charge is 2.36. The summed E-state index contributed by atoms with van der Waals surface area (Å²) in [5.41, 5.74) is 3.23. The number of hydrogen-bond acceptors (Lipinski definition) is 5. The number of nitrogens with zero attached hydrogens (tertiary/aromatic N) is 3. The van der Waals surface area contributed by atoms with Crippen LogP contribution in [0.25, 0.3) is 10.9 Å². The maximum atomic E-state index is 12.8. The molecule has 166 valence electrons. The molecule has 2 aromatic carbocycles. The van der Waals surface area contributed by atoms with E-state index in [1.807, 2.05) is 35.1 Å². The number of benzene rings is 2. The number of rotatable bonds is 7. The van der Waals surface area contributed by atoms with Crippen LogP contribution in [0.2, 0.25) is 0 Å². The molecule has 2 amide bonds. The Morgan fingerprint density at radius 2 is 2.09 bits per heavy atom. The first-order valence-corrected chi connectivity index (χ1v) is 11.0. The van der Waals surface area contributed by atoms with Gasteiger partial charge in [0.25, 0.3) is 0 Å². The van der Waals surface area contributed by atoms with Crippen LogP contribution in [0.4, 0.5) is 0 Å². The molecule has 0 saturated carbocycles. The van der Waals surface area contributed by atoms with Crippen LogP contribution in [0, 0.1) is 6.92 Å². The first kappa shape index (κ1) is 20.4. The topological polar surface area (TPSA) is 85.7 Å². The van der Waals surface area contributed by atoms with Crippen molar-refractivity contribution >= 4 is 22.7 Å². The maximum Gasteiger partial charge on any atom is 0.242 e. The smallest absolute Gasteiger partial charge is 0.242 e. The van der Waals surface area contributed by atoms with Crippen LogP contribution in [0.15, 0.2) is 42.6 Å². The molecule has 1 saturated heterocycles. The standard InChI is InChI=1S/C24H26N4O4/c1-16-4-2-5-19-18(16)13-26-28(19)11-3-10-25-24(30)20-7-9-23(29)27(20)14-17-6-8-21-22(12-17)32-15-31-21/h2,4-6,8,12-13,20H,3,7,9-11,14-15H2,1H3,(H,25,30). The minimum Gasteiger partial charge on any atom is -0.454 e. The number of nitrogens with one attached hydrogen (secondary N) is 1. The summed E-state index contributed by atoms with van der Waals surface area (Å²) in [6.45, 7) is 3.92. The number of fused-ring (bicyclic) bond motifs is 2. The predicted octanol–water partition coefficient (Wildman–Crippen LogP) is 2.77. The van der Waals surface area contributed by atoms with Crippen molar-refractivity contribution in [3.8, 4) is 11.5 Å². The number of aryl methyl sites for hydroxylation is 2. The third-order valence-corrected chi connectivity index (χ3v) is 6.17. The van der Waals surface area contributed by atoms with Gasteiger partial charge >= 0.3 is 0 Å². The van der Waals surface area contributed by atoms with E-state index in [1.54, 1.807) is 4.90 Å². The zero-order valence-electron chi connectivity index (χ0n) is 18.0. The Labute approximate surface area is 186 Å². The van der Waals surface area contributed by atoms with E-state index in [9.17, 15) is 9.59 Å². The number of hydrogen-bond donors (Lipinski definition) is 1. The van der Waals surface area contributed by atoms with Gasteiger partial charge < -0.3 is 19.7 Å². The van der Waals surface area contributed by atoms with Crippen molar-refractivity contribution in [2.75, 3.05) is 13.3 Å². The van der Waals surface area contributed by atoms with E-state index >= 15 is 0 Å². The third kappa shape index (κ3) is 3.88. The van der Waals surface area contributed by atoms with Crippen LogP contribution in [0.1, 0.15) is 30.4 Å². The molecule has 0 radical (unpaired) electrons. The maximum absolute atomic E-state index is 12.8. The number of likely N-dealkylation sites (tertiary alicyclic amines) is 1. The molecule has 0 aliphatic carbocycles. The summed E-state index contributed by atoms with van der Waals surface area (Å²) in [7, 11) is 0. The van der Waals surface area contributed by atoms with Crippen LogP contribution in [-0.4, -0.2) is 45.9 Å². The highest BCUT2D eigenvalue weighted by molar-refractivity contribution is 5.90. The molecule has 1 atom stereocenters. The van der Waals surface area contributed by atoms with Gasteiger partial charge in [0.2, 0.25) is 18.6 Å². The van der Waals surface area contributed by atoms with E-state index in [1.165, 1.54) is 5.56 Å². The fourth-order valence-corrected chi connectivity index (χ4v) is 4.42. The Kier molecular flexibility index (Phi) is 5.43. The van der Waals surface area contributed by atoms with Gasteiger partial charge in [-0.05, 0) is 49.1 Å². The number of ether oxygens (including phenoxy) is 2. The largest absolute Gasteiger partial charge is 0.454 e. The molecule has 32 heavy (non-hydrogen) atoms. The number of amides is 2. The molecule has 5 rings (SSSR count). The Bertz CT molecular complexity index is 1170. The number of carbonyl (C=O) groups excluding carboxylic acids is 2. The average molecular weight is 434 g/mol. The lowest BCUT2D eigenvalue weighted by Gasteiger charge is -2.24. The summed E-state index contributed by atoms with van der Waals surface area (Å²) >= 11 is 0. The Balaban J connectivity index is 1.16. The SMILES string of the molecule is Cc1cccc2c1cnn2CCCNC(=O)C1CCC(=O)N1Cc1ccc2c(c1)OCO2. The molecule has 3 heterocycles. The molecule has 2 aliphatic heterocycles. The van der Waals surface area contributed by atoms with E-state index < -0.39 is 6.04 Å². The molecule has 1 fully saturated rings. The Hall–Kier alpha value is -3.55. The van der Waals surface area contributed by atoms with E-state index in [0.29, 0.717) is 37.4 Å². The van der Waals surface area contributed by atoms with Gasteiger partial charge in [0, 0.05) is 31.4 Å². The van der Waals surface area contributed by atoms with Gasteiger partial charge in [0.15, 0.2) is 11.5 Å². The van der Waals surface area contributed by atoms with Gasteiger partial charge in [-0.1, -0.05) is 18.2 Å². The van der Waals surface area contributed by atoms with Crippen molar-refractivity contribution in [2.45, 2.75) is 45.3 Å². The quantitative estimate of drug-likeness (QED) is 0.578. The molecular formula is C24H26N4O4. The van der Waals surface area contributed by atoms with Gasteiger partial charge in [-0.3, -0.25) is 14.3 Å². The van der Waals surface area contributed by atoms with E-state index in [0.717, 1.165) is 29.4 Å². The summed E-state index contributed by atoms with van der Waals surface area (Å²) in [5, 5.41) is 8.63. The highest BCUT2D eigenvalue weighted by Crippen LogP contribution is 2.33. The summed E-state index contributed by atoms with van der Waals surface area (Å²) in [6, 6.07) is 11.3. The molecule has 1 aromatic heterocycles. The molecule has 1 N–H and O–H groups in total. The summed E-state index contributed by atoms with van der Waals surface area (Å²) in [5.74, 6) is 1.28. The Morgan fingerprint density at radius 1 is 1.22 bits per heavy atom. The van der Waals surface area contributed by atoms with Crippen LogP contribution in [-0.2, 0) is 22.7 Å². The number of aromatic nitrogens is 2.